The molecule has 22 heavy (non-hydrogen) atoms. The van der Waals surface area contributed by atoms with Crippen LogP contribution in [0.2, 0.25) is 0 Å². The number of carbonyl (C=O) groups is 1. The molecule has 4 heteroatoms. The maximum absolute atomic E-state index is 12.6. The molecule has 1 fully saturated rings. The summed E-state index contributed by atoms with van der Waals surface area (Å²) in [4.78, 5) is 20.8. The number of rotatable bonds is 3. The summed E-state index contributed by atoms with van der Waals surface area (Å²) >= 11 is 0. The molecule has 1 saturated heterocycles. The molecule has 0 saturated carbocycles. The number of aromatic nitrogens is 1. The average molecular weight is 295 g/mol. The van der Waals surface area contributed by atoms with Crippen LogP contribution in [0, 0.1) is 0 Å². The third-order valence-electron chi connectivity index (χ3n) is 4.14. The summed E-state index contributed by atoms with van der Waals surface area (Å²) in [6, 6.07) is 12.0. The minimum Gasteiger partial charge on any atom is -0.343 e. The second-order valence-electron chi connectivity index (χ2n) is 5.68. The van der Waals surface area contributed by atoms with E-state index >= 15 is 0 Å². The molecule has 4 nitrogen and oxygen atoms in total. The monoisotopic (exact) mass is 295 g/mol. The Morgan fingerprint density at radius 2 is 1.77 bits per heavy atom. The zero-order valence-electron chi connectivity index (χ0n) is 12.9. The summed E-state index contributed by atoms with van der Waals surface area (Å²) in [6.45, 7) is 1.72. The van der Waals surface area contributed by atoms with Crippen molar-refractivity contribution in [3.05, 3.63) is 54.4 Å². The molecule has 1 aromatic carbocycles. The zero-order valence-corrected chi connectivity index (χ0v) is 12.9. The minimum atomic E-state index is 0.0931. The first-order valence-corrected chi connectivity index (χ1v) is 7.79. The minimum absolute atomic E-state index is 0.0931. The zero-order chi connectivity index (χ0) is 15.4. The van der Waals surface area contributed by atoms with Gasteiger partial charge in [0.05, 0.1) is 17.4 Å². The van der Waals surface area contributed by atoms with Gasteiger partial charge in [-0.1, -0.05) is 18.2 Å². The van der Waals surface area contributed by atoms with Crippen LogP contribution in [0.3, 0.4) is 0 Å². The van der Waals surface area contributed by atoms with Crippen molar-refractivity contribution in [3.63, 3.8) is 0 Å². The molecule has 0 spiro atoms. The number of pyridine rings is 1. The molecule has 0 atom stereocenters. The Labute approximate surface area is 131 Å². The van der Waals surface area contributed by atoms with Gasteiger partial charge in [0.15, 0.2) is 0 Å². The number of carbonyl (C=O) groups excluding carboxylic acids is 1. The van der Waals surface area contributed by atoms with Gasteiger partial charge in [-0.2, -0.15) is 0 Å². The summed E-state index contributed by atoms with van der Waals surface area (Å²) in [5.41, 5.74) is 2.67. The third kappa shape index (κ3) is 3.11. The highest BCUT2D eigenvalue weighted by Gasteiger charge is 2.19. The molecule has 0 aliphatic carbocycles. The highest BCUT2D eigenvalue weighted by atomic mass is 16.2. The first-order valence-electron chi connectivity index (χ1n) is 7.79. The molecule has 1 aliphatic heterocycles. The summed E-state index contributed by atoms with van der Waals surface area (Å²) in [5, 5.41) is 0. The predicted octanol–water partition coefficient (Wildman–Crippen LogP) is 3.48. The molecule has 3 rings (SSSR count). The number of anilines is 2. The summed E-state index contributed by atoms with van der Waals surface area (Å²) in [5.74, 6) is 0.0931. The Kier molecular flexibility index (Phi) is 4.37. The Hall–Kier alpha value is -2.36. The van der Waals surface area contributed by atoms with Crippen molar-refractivity contribution in [1.29, 1.82) is 0 Å². The van der Waals surface area contributed by atoms with Gasteiger partial charge >= 0.3 is 0 Å². The lowest BCUT2D eigenvalue weighted by Crippen LogP contribution is -2.35. The van der Waals surface area contributed by atoms with Gasteiger partial charge in [-0.3, -0.25) is 9.78 Å². The second-order valence-corrected chi connectivity index (χ2v) is 5.68. The normalized spacial score (nSPS) is 14.7. The van der Waals surface area contributed by atoms with E-state index in [9.17, 15) is 4.79 Å². The highest BCUT2D eigenvalue weighted by molar-refractivity contribution is 5.95. The van der Waals surface area contributed by atoms with Gasteiger partial charge in [0.25, 0.3) is 5.91 Å². The second kappa shape index (κ2) is 6.60. The third-order valence-corrected chi connectivity index (χ3v) is 4.14. The molecule has 114 valence electrons. The van der Waals surface area contributed by atoms with Gasteiger partial charge in [0.2, 0.25) is 0 Å². The van der Waals surface area contributed by atoms with E-state index in [-0.39, 0.29) is 5.91 Å². The van der Waals surface area contributed by atoms with Crippen molar-refractivity contribution in [2.45, 2.75) is 19.3 Å². The standard InChI is InChI=1S/C18H21N3O/c1-20(16-8-4-2-5-9-16)17-12-15(13-19-14-17)18(22)21-10-6-3-7-11-21/h2,4-5,8-9,12-14H,3,6-7,10-11H2,1H3. The van der Waals surface area contributed by atoms with E-state index in [0.717, 1.165) is 37.3 Å². The van der Waals surface area contributed by atoms with Crippen molar-refractivity contribution in [2.24, 2.45) is 0 Å². The van der Waals surface area contributed by atoms with Gasteiger partial charge in [0, 0.05) is 32.0 Å². The highest BCUT2D eigenvalue weighted by Crippen LogP contribution is 2.23. The van der Waals surface area contributed by atoms with Crippen LogP contribution in [-0.2, 0) is 0 Å². The molecule has 0 unspecified atom stereocenters. The van der Waals surface area contributed by atoms with Crippen molar-refractivity contribution >= 4 is 17.3 Å². The molecule has 0 bridgehead atoms. The lowest BCUT2D eigenvalue weighted by atomic mass is 10.1. The van der Waals surface area contributed by atoms with E-state index in [4.69, 9.17) is 0 Å². The van der Waals surface area contributed by atoms with Gasteiger partial charge < -0.3 is 9.80 Å². The molecule has 2 aromatic rings. The molecule has 0 radical (unpaired) electrons. The Bertz CT molecular complexity index is 636. The molecule has 1 amide bonds. The van der Waals surface area contributed by atoms with Crippen molar-refractivity contribution in [3.8, 4) is 0 Å². The number of nitrogens with zero attached hydrogens (tertiary/aromatic N) is 3. The molecular formula is C18H21N3O. The van der Waals surface area contributed by atoms with E-state index in [1.807, 2.05) is 53.2 Å². The van der Waals surface area contributed by atoms with E-state index in [2.05, 4.69) is 4.98 Å². The number of likely N-dealkylation sites (tertiary alicyclic amines) is 1. The van der Waals surface area contributed by atoms with E-state index in [1.165, 1.54) is 6.42 Å². The number of piperidine rings is 1. The van der Waals surface area contributed by atoms with Crippen molar-refractivity contribution < 1.29 is 4.79 Å². The van der Waals surface area contributed by atoms with Gasteiger partial charge in [0.1, 0.15) is 0 Å². The lowest BCUT2D eigenvalue weighted by Gasteiger charge is -2.27. The maximum Gasteiger partial charge on any atom is 0.255 e. The quantitative estimate of drug-likeness (QED) is 0.870. The van der Waals surface area contributed by atoms with Gasteiger partial charge in [-0.05, 0) is 37.5 Å². The largest absolute Gasteiger partial charge is 0.343 e. The van der Waals surface area contributed by atoms with Crippen LogP contribution in [0.1, 0.15) is 29.6 Å². The van der Waals surface area contributed by atoms with Crippen molar-refractivity contribution in [1.82, 2.24) is 9.88 Å². The molecule has 0 N–H and O–H groups in total. The molecule has 1 aromatic heterocycles. The summed E-state index contributed by atoms with van der Waals surface area (Å²) < 4.78 is 0. The van der Waals surface area contributed by atoms with E-state index < -0.39 is 0 Å². The van der Waals surface area contributed by atoms with E-state index in [0.29, 0.717) is 5.56 Å². The maximum atomic E-state index is 12.6. The fraction of sp³-hybridized carbons (Fsp3) is 0.333. The number of hydrogen-bond donors (Lipinski definition) is 0. The van der Waals surface area contributed by atoms with Crippen molar-refractivity contribution in [2.75, 3.05) is 25.0 Å². The molecular weight excluding hydrogens is 274 g/mol. The van der Waals surface area contributed by atoms with Crippen LogP contribution in [0.4, 0.5) is 11.4 Å². The summed E-state index contributed by atoms with van der Waals surface area (Å²) in [6.07, 6.45) is 6.88. The van der Waals surface area contributed by atoms with Gasteiger partial charge in [-0.15, -0.1) is 0 Å². The van der Waals surface area contributed by atoms with Crippen LogP contribution < -0.4 is 4.90 Å². The number of para-hydroxylation sites is 1. The molecule has 2 heterocycles. The summed E-state index contributed by atoms with van der Waals surface area (Å²) in [7, 11) is 1.99. The Balaban J connectivity index is 1.81. The predicted molar refractivity (Wildman–Crippen MR) is 88.5 cm³/mol. The first-order chi connectivity index (χ1) is 10.8. The lowest BCUT2D eigenvalue weighted by molar-refractivity contribution is 0.0724. The van der Waals surface area contributed by atoms with Gasteiger partial charge in [-0.25, -0.2) is 0 Å². The van der Waals surface area contributed by atoms with Crippen LogP contribution in [0.25, 0.3) is 0 Å². The fourth-order valence-electron chi connectivity index (χ4n) is 2.81. The van der Waals surface area contributed by atoms with Crippen LogP contribution in [-0.4, -0.2) is 35.9 Å². The first kappa shape index (κ1) is 14.6. The topological polar surface area (TPSA) is 36.4 Å². The molecule has 1 aliphatic rings. The van der Waals surface area contributed by atoms with Crippen LogP contribution in [0.5, 0.6) is 0 Å². The Morgan fingerprint density at radius 3 is 2.50 bits per heavy atom. The SMILES string of the molecule is CN(c1ccccc1)c1cncc(C(=O)N2CCCCC2)c1. The smallest absolute Gasteiger partial charge is 0.255 e. The van der Waals surface area contributed by atoms with Crippen LogP contribution >= 0.6 is 0 Å². The van der Waals surface area contributed by atoms with Crippen LogP contribution in [0.15, 0.2) is 48.8 Å². The average Bonchev–Trinajstić information content (AvgIpc) is 2.62. The fourth-order valence-corrected chi connectivity index (χ4v) is 2.81. The number of hydrogen-bond acceptors (Lipinski definition) is 3. The van der Waals surface area contributed by atoms with E-state index in [1.54, 1.807) is 12.4 Å². The Morgan fingerprint density at radius 1 is 1.05 bits per heavy atom. The number of benzene rings is 1. The number of amides is 1.